The molecule has 0 unspecified atom stereocenters. The molecule has 2 aliphatic heterocycles. The second kappa shape index (κ2) is 8.43. The monoisotopic (exact) mass is 484 g/mol. The van der Waals surface area contributed by atoms with Crippen molar-refractivity contribution in [3.8, 4) is 0 Å². The molecule has 176 valence electrons. The Morgan fingerprint density at radius 1 is 1.21 bits per heavy atom. The maximum absolute atomic E-state index is 13.7. The van der Waals surface area contributed by atoms with Crippen LogP contribution in [0.3, 0.4) is 0 Å². The van der Waals surface area contributed by atoms with Gasteiger partial charge in [-0.15, -0.1) is 11.3 Å². The number of nitrogens with zero attached hydrogens (tertiary/aromatic N) is 3. The van der Waals surface area contributed by atoms with Gasteiger partial charge in [0.1, 0.15) is 12.1 Å². The number of nitrogens with one attached hydrogen (secondary N) is 1. The van der Waals surface area contributed by atoms with E-state index in [-0.39, 0.29) is 17.4 Å². The van der Waals surface area contributed by atoms with Gasteiger partial charge in [0.2, 0.25) is 5.91 Å². The van der Waals surface area contributed by atoms with Crippen LogP contribution in [0.25, 0.3) is 10.2 Å². The number of carbonyl (C=O) groups is 3. The number of aromatic nitrogens is 1. The molecule has 4 amide bonds. The summed E-state index contributed by atoms with van der Waals surface area (Å²) < 4.78 is 28.2. The molecule has 2 aliphatic rings. The molecule has 2 fully saturated rings. The molecule has 0 spiro atoms. The molecular formula is C24H22F2N4O3S. The van der Waals surface area contributed by atoms with Gasteiger partial charge in [-0.1, -0.05) is 18.2 Å². The lowest BCUT2D eigenvalue weighted by Gasteiger charge is -2.32. The third kappa shape index (κ3) is 3.81. The van der Waals surface area contributed by atoms with Crippen LogP contribution in [0.4, 0.5) is 13.6 Å². The van der Waals surface area contributed by atoms with Crippen molar-refractivity contribution in [2.24, 2.45) is 0 Å². The average molecular weight is 485 g/mol. The molecule has 0 radical (unpaired) electrons. The summed E-state index contributed by atoms with van der Waals surface area (Å²) in [5, 5.41) is 3.49. The molecule has 0 bridgehead atoms. The van der Waals surface area contributed by atoms with E-state index < -0.39 is 35.7 Å². The fourth-order valence-corrected chi connectivity index (χ4v) is 5.64. The Morgan fingerprint density at radius 3 is 2.76 bits per heavy atom. The number of para-hydroxylation sites is 1. The second-order valence-electron chi connectivity index (χ2n) is 8.77. The van der Waals surface area contributed by atoms with Crippen LogP contribution in [-0.2, 0) is 15.1 Å². The Hall–Kier alpha value is -3.40. The standard InChI is InChI=1S/C24H22F2N4O3S/c1-24(15-8-9-16(25)17(26)11-15)22(32)30(23(33)28-24)13-20(31)29-10-4-5-14(12-29)21-27-18-6-2-3-7-19(18)34-21/h2-3,6-9,11,14H,4-5,10,12-13H2,1H3,(H,28,33)/t14-,24-/m1/s1. The molecule has 0 aliphatic carbocycles. The first kappa shape index (κ1) is 22.4. The number of imide groups is 1. The Morgan fingerprint density at radius 2 is 2.00 bits per heavy atom. The minimum Gasteiger partial charge on any atom is -0.340 e. The molecule has 2 saturated heterocycles. The zero-order chi connectivity index (χ0) is 24.0. The quantitative estimate of drug-likeness (QED) is 0.572. The number of hydrogen-bond acceptors (Lipinski definition) is 5. The maximum atomic E-state index is 13.7. The van der Waals surface area contributed by atoms with Gasteiger partial charge in [-0.3, -0.25) is 14.5 Å². The van der Waals surface area contributed by atoms with Crippen LogP contribution in [0.1, 0.15) is 36.3 Å². The second-order valence-corrected chi connectivity index (χ2v) is 9.84. The third-order valence-corrected chi connectivity index (χ3v) is 7.70. The van der Waals surface area contributed by atoms with Crippen LogP contribution in [0.2, 0.25) is 0 Å². The molecule has 3 heterocycles. The van der Waals surface area contributed by atoms with Gasteiger partial charge in [-0.2, -0.15) is 0 Å². The number of carbonyl (C=O) groups excluding carboxylic acids is 3. The number of benzene rings is 2. The number of amides is 4. The van der Waals surface area contributed by atoms with Crippen molar-refractivity contribution < 1.29 is 23.2 Å². The third-order valence-electron chi connectivity index (χ3n) is 6.50. The van der Waals surface area contributed by atoms with Gasteiger partial charge in [0.05, 0.1) is 15.2 Å². The van der Waals surface area contributed by atoms with E-state index in [4.69, 9.17) is 4.98 Å². The number of hydrogen-bond donors (Lipinski definition) is 1. The van der Waals surface area contributed by atoms with Crippen LogP contribution in [0.15, 0.2) is 42.5 Å². The van der Waals surface area contributed by atoms with E-state index in [2.05, 4.69) is 5.32 Å². The largest absolute Gasteiger partial charge is 0.340 e. The van der Waals surface area contributed by atoms with Crippen molar-refractivity contribution in [2.75, 3.05) is 19.6 Å². The first-order chi connectivity index (χ1) is 16.3. The molecule has 5 rings (SSSR count). The summed E-state index contributed by atoms with van der Waals surface area (Å²) >= 11 is 1.62. The van der Waals surface area contributed by atoms with Crippen LogP contribution < -0.4 is 5.32 Å². The normalized spacial score (nSPS) is 23.0. The molecule has 0 saturated carbocycles. The Bertz CT molecular complexity index is 1280. The summed E-state index contributed by atoms with van der Waals surface area (Å²) in [6.45, 7) is 1.98. The average Bonchev–Trinajstić information content (AvgIpc) is 3.36. The molecule has 10 heteroatoms. The van der Waals surface area contributed by atoms with Crippen LogP contribution in [0, 0.1) is 11.6 Å². The predicted molar refractivity (Wildman–Crippen MR) is 122 cm³/mol. The van der Waals surface area contributed by atoms with Crippen molar-refractivity contribution in [3.05, 3.63) is 64.7 Å². The fourth-order valence-electron chi connectivity index (χ4n) is 4.55. The lowest BCUT2D eigenvalue weighted by Crippen LogP contribution is -2.47. The van der Waals surface area contributed by atoms with Crippen molar-refractivity contribution in [1.29, 1.82) is 0 Å². The van der Waals surface area contributed by atoms with Crippen LogP contribution in [0.5, 0.6) is 0 Å². The molecule has 3 aromatic rings. The number of likely N-dealkylation sites (tertiary alicyclic amines) is 1. The van der Waals surface area contributed by atoms with Gasteiger partial charge in [0, 0.05) is 19.0 Å². The molecular weight excluding hydrogens is 462 g/mol. The molecule has 1 N–H and O–H groups in total. The van der Waals surface area contributed by atoms with Gasteiger partial charge in [0.15, 0.2) is 11.6 Å². The number of rotatable bonds is 4. The first-order valence-electron chi connectivity index (χ1n) is 11.0. The smallest absolute Gasteiger partial charge is 0.325 e. The number of urea groups is 1. The van der Waals surface area contributed by atoms with Crippen molar-refractivity contribution >= 4 is 39.4 Å². The molecule has 2 aromatic carbocycles. The Labute approximate surface area is 198 Å². The minimum absolute atomic E-state index is 0.0886. The zero-order valence-corrected chi connectivity index (χ0v) is 19.2. The van der Waals surface area contributed by atoms with E-state index in [1.165, 1.54) is 13.0 Å². The number of fused-ring (bicyclic) bond motifs is 1. The summed E-state index contributed by atoms with van der Waals surface area (Å²) in [6, 6.07) is 10.2. The molecule has 2 atom stereocenters. The predicted octanol–water partition coefficient (Wildman–Crippen LogP) is 3.75. The summed E-state index contributed by atoms with van der Waals surface area (Å²) in [6.07, 6.45) is 1.69. The lowest BCUT2D eigenvalue weighted by molar-refractivity contribution is -0.139. The van der Waals surface area contributed by atoms with E-state index in [0.717, 1.165) is 45.1 Å². The van der Waals surface area contributed by atoms with Crippen molar-refractivity contribution in [1.82, 2.24) is 20.1 Å². The summed E-state index contributed by atoms with van der Waals surface area (Å²) in [5.41, 5.74) is -0.549. The van der Waals surface area contributed by atoms with Gasteiger partial charge < -0.3 is 10.2 Å². The summed E-state index contributed by atoms with van der Waals surface area (Å²) in [4.78, 5) is 45.9. The Kier molecular flexibility index (Phi) is 5.55. The van der Waals surface area contributed by atoms with E-state index in [1.807, 2.05) is 24.3 Å². The molecule has 34 heavy (non-hydrogen) atoms. The van der Waals surface area contributed by atoms with E-state index >= 15 is 0 Å². The highest BCUT2D eigenvalue weighted by atomic mass is 32.1. The number of halogens is 2. The SMILES string of the molecule is C[C@]1(c2ccc(F)c(F)c2)NC(=O)N(CC(=O)N2CCC[C@@H](c3nc4ccccc4s3)C2)C1=O. The van der Waals surface area contributed by atoms with Crippen LogP contribution >= 0.6 is 11.3 Å². The topological polar surface area (TPSA) is 82.6 Å². The van der Waals surface area contributed by atoms with Crippen molar-refractivity contribution in [3.63, 3.8) is 0 Å². The maximum Gasteiger partial charge on any atom is 0.325 e. The van der Waals surface area contributed by atoms with Gasteiger partial charge in [-0.25, -0.2) is 18.6 Å². The number of piperidine rings is 1. The summed E-state index contributed by atoms with van der Waals surface area (Å²) in [7, 11) is 0. The van der Waals surface area contributed by atoms with E-state index in [1.54, 1.807) is 16.2 Å². The minimum atomic E-state index is -1.59. The van der Waals surface area contributed by atoms with E-state index in [0.29, 0.717) is 13.1 Å². The highest BCUT2D eigenvalue weighted by Crippen LogP contribution is 2.34. The fraction of sp³-hybridized carbons (Fsp3) is 0.333. The van der Waals surface area contributed by atoms with Crippen molar-refractivity contribution in [2.45, 2.75) is 31.2 Å². The van der Waals surface area contributed by atoms with E-state index in [9.17, 15) is 23.2 Å². The molecule has 7 nitrogen and oxygen atoms in total. The highest BCUT2D eigenvalue weighted by molar-refractivity contribution is 7.18. The Balaban J connectivity index is 1.30. The van der Waals surface area contributed by atoms with Gasteiger partial charge in [-0.05, 0) is 49.6 Å². The summed E-state index contributed by atoms with van der Waals surface area (Å²) in [5.74, 6) is -3.11. The lowest BCUT2D eigenvalue weighted by atomic mass is 9.92. The van der Waals surface area contributed by atoms with Gasteiger partial charge in [0.25, 0.3) is 5.91 Å². The zero-order valence-electron chi connectivity index (χ0n) is 18.4. The highest BCUT2D eigenvalue weighted by Gasteiger charge is 2.50. The first-order valence-corrected chi connectivity index (χ1v) is 11.8. The van der Waals surface area contributed by atoms with Crippen LogP contribution in [-0.4, -0.2) is 52.3 Å². The van der Waals surface area contributed by atoms with Gasteiger partial charge >= 0.3 is 6.03 Å². The molecule has 1 aromatic heterocycles. The number of thiazole rings is 1.